The van der Waals surface area contributed by atoms with Gasteiger partial charge in [0.25, 0.3) is 0 Å². The lowest BCUT2D eigenvalue weighted by Crippen LogP contribution is -2.18. The first-order valence-electron chi connectivity index (χ1n) is 1.35. The lowest BCUT2D eigenvalue weighted by Gasteiger charge is -1.80. The van der Waals surface area contributed by atoms with Gasteiger partial charge < -0.3 is 5.11 Å². The van der Waals surface area contributed by atoms with E-state index in [1.54, 1.807) is 0 Å². The highest BCUT2D eigenvalue weighted by Crippen LogP contribution is 1.90. The Hall–Kier alpha value is -1.01. The summed E-state index contributed by atoms with van der Waals surface area (Å²) >= 11 is 0. The van der Waals surface area contributed by atoms with Crippen LogP contribution in [-0.2, 0) is 0 Å². The largest absolute Gasteiger partial charge is 0.593 e. The number of amidine groups is 1. The van der Waals surface area contributed by atoms with Gasteiger partial charge in [0.1, 0.15) is 0 Å². The molecule has 0 atom stereocenters. The van der Waals surface area contributed by atoms with Crippen LogP contribution in [0.4, 0.5) is 17.9 Å². The molecule has 0 heterocycles. The Labute approximate surface area is 40.8 Å². The molecule has 0 aliphatic rings. The van der Waals surface area contributed by atoms with Crippen molar-refractivity contribution in [3.05, 3.63) is 0 Å². The average Bonchev–Trinajstić information content (AvgIpc) is 1.64. The van der Waals surface area contributed by atoms with Gasteiger partial charge in [-0.1, -0.05) is 0 Å². The van der Waals surface area contributed by atoms with Crippen molar-refractivity contribution in [1.29, 1.82) is 0 Å². The number of nitrogens with zero attached hydrogens (tertiary/aromatic N) is 2. The van der Waals surface area contributed by atoms with Crippen LogP contribution in [0.15, 0.2) is 0 Å². The summed E-state index contributed by atoms with van der Waals surface area (Å²) in [6, 6.07) is -2.40. The number of halogens is 4. The normalized spacial score (nSPS) is 8.50. The third kappa shape index (κ3) is 1.63. The molecule has 0 aromatic heterocycles. The Morgan fingerprint density at radius 3 is 1.75 bits per heavy atom. The molecule has 0 bridgehead atoms. The van der Waals surface area contributed by atoms with Gasteiger partial charge in [-0.25, -0.2) is 0 Å². The van der Waals surface area contributed by atoms with Crippen LogP contribution in [0.2, 0.25) is 0 Å². The molecule has 0 aliphatic heterocycles. The van der Waals surface area contributed by atoms with Crippen LogP contribution in [-0.4, -0.2) is 21.5 Å². The quantitative estimate of drug-likeness (QED) is 0.228. The molecule has 0 spiro atoms. The fourth-order valence-corrected chi connectivity index (χ4v) is 0.0571. The third-order valence-corrected chi connectivity index (χ3v) is 0.302. The monoisotopic (exact) mass is 133 g/mol. The molecule has 0 saturated heterocycles. The summed E-state index contributed by atoms with van der Waals surface area (Å²) in [5.74, 6) is 0. The van der Waals surface area contributed by atoms with Crippen LogP contribution < -0.4 is 0 Å². The molecule has 0 amide bonds. The van der Waals surface area contributed by atoms with E-state index in [1.165, 1.54) is 0 Å². The SMILES string of the molecule is OC(N(F)F)=[N+](F)F. The molecule has 0 aromatic rings. The van der Waals surface area contributed by atoms with E-state index in [-0.39, 0.29) is 0 Å². The van der Waals surface area contributed by atoms with Gasteiger partial charge in [0.15, 0.2) is 10.4 Å². The van der Waals surface area contributed by atoms with Crippen LogP contribution in [0.25, 0.3) is 0 Å². The minimum atomic E-state index is -2.40. The number of aliphatic hydroxyl groups is 1. The van der Waals surface area contributed by atoms with Gasteiger partial charge in [0.2, 0.25) is 0 Å². The van der Waals surface area contributed by atoms with Gasteiger partial charge in [-0.15, -0.1) is 0 Å². The van der Waals surface area contributed by atoms with Crippen molar-refractivity contribution in [3.63, 3.8) is 0 Å². The zero-order chi connectivity index (χ0) is 6.73. The van der Waals surface area contributed by atoms with Gasteiger partial charge >= 0.3 is 6.02 Å². The topological polar surface area (TPSA) is 26.5 Å². The zero-order valence-electron chi connectivity index (χ0n) is 3.35. The van der Waals surface area contributed by atoms with E-state index in [2.05, 4.69) is 0 Å². The molecule has 0 radical (unpaired) electrons. The molecule has 0 saturated carbocycles. The molecular weight excluding hydrogens is 132 g/mol. The summed E-state index contributed by atoms with van der Waals surface area (Å²) in [5.41, 5.74) is 0. The predicted molar refractivity (Wildman–Crippen MR) is 14.2 cm³/mol. The minimum Gasteiger partial charge on any atom is -0.438 e. The van der Waals surface area contributed by atoms with Gasteiger partial charge in [-0.3, -0.25) is 0 Å². The summed E-state index contributed by atoms with van der Waals surface area (Å²) in [7, 11) is 0. The summed E-state index contributed by atoms with van der Waals surface area (Å²) in [6.07, 6.45) is 0. The smallest absolute Gasteiger partial charge is 0.438 e. The second-order valence-electron chi connectivity index (χ2n) is 0.766. The summed E-state index contributed by atoms with van der Waals surface area (Å²) < 4.78 is 42.8. The van der Waals surface area contributed by atoms with Gasteiger partial charge in [-0.2, -0.15) is 0 Å². The summed E-state index contributed by atoms with van der Waals surface area (Å²) in [5, 5.41) is 3.25. The van der Waals surface area contributed by atoms with Crippen molar-refractivity contribution in [2.24, 2.45) is 0 Å². The van der Waals surface area contributed by atoms with Crippen molar-refractivity contribution in [2.45, 2.75) is 0 Å². The zero-order valence-corrected chi connectivity index (χ0v) is 3.35. The van der Waals surface area contributed by atoms with Gasteiger partial charge in [0, 0.05) is 17.9 Å². The van der Waals surface area contributed by atoms with Crippen molar-refractivity contribution in [3.8, 4) is 0 Å². The molecule has 7 heteroatoms. The fraction of sp³-hybridized carbons (Fsp3) is 0. The first-order valence-corrected chi connectivity index (χ1v) is 1.35. The van der Waals surface area contributed by atoms with Crippen molar-refractivity contribution < 1.29 is 28.1 Å². The molecule has 8 heavy (non-hydrogen) atoms. The average molecular weight is 133 g/mol. The lowest BCUT2D eigenvalue weighted by molar-refractivity contribution is -0.861. The van der Waals surface area contributed by atoms with Gasteiger partial charge in [-0.05, 0) is 0 Å². The van der Waals surface area contributed by atoms with Crippen molar-refractivity contribution in [2.75, 3.05) is 0 Å². The van der Waals surface area contributed by atoms with E-state index in [4.69, 9.17) is 5.11 Å². The van der Waals surface area contributed by atoms with E-state index in [0.29, 0.717) is 0 Å². The van der Waals surface area contributed by atoms with E-state index >= 15 is 0 Å². The van der Waals surface area contributed by atoms with Crippen LogP contribution in [0.5, 0.6) is 0 Å². The molecule has 1 N–H and O–H groups in total. The molecule has 0 fully saturated rings. The minimum absolute atomic E-state index is 2.11. The van der Waals surface area contributed by atoms with Gasteiger partial charge in [0.05, 0.1) is 0 Å². The Morgan fingerprint density at radius 1 is 1.38 bits per heavy atom. The van der Waals surface area contributed by atoms with Crippen LogP contribution >= 0.6 is 0 Å². The molecule has 0 unspecified atom stereocenters. The highest BCUT2D eigenvalue weighted by atomic mass is 19.4. The Balaban J connectivity index is 4.00. The number of hydrogen-bond acceptors (Lipinski definition) is 0. The number of rotatable bonds is 0. The Morgan fingerprint density at radius 2 is 1.75 bits per heavy atom. The molecular formula is CHF4N2O+. The van der Waals surface area contributed by atoms with E-state index in [9.17, 15) is 17.9 Å². The van der Waals surface area contributed by atoms with E-state index in [0.717, 1.165) is 0 Å². The molecule has 0 rings (SSSR count). The first-order chi connectivity index (χ1) is 3.55. The third-order valence-electron chi connectivity index (χ3n) is 0.302. The molecule has 48 valence electrons. The van der Waals surface area contributed by atoms with Crippen LogP contribution in [0.1, 0.15) is 0 Å². The number of aliphatic hydroxyl groups excluding tert-OH is 1. The van der Waals surface area contributed by atoms with Crippen molar-refractivity contribution in [1.82, 2.24) is 5.34 Å². The number of hydrogen-bond donors (Lipinski definition) is 1. The first kappa shape index (κ1) is 6.99. The molecule has 0 aromatic carbocycles. The highest BCUT2D eigenvalue weighted by Gasteiger charge is 2.26. The Bertz CT molecular complexity index is 107. The second kappa shape index (κ2) is 2.34. The molecule has 3 nitrogen and oxygen atoms in total. The standard InChI is InChI=1S/CF4N2O/c2-6(3)1(8)7(4)5/p+1. The highest BCUT2D eigenvalue weighted by molar-refractivity contribution is 5.62. The van der Waals surface area contributed by atoms with E-state index < -0.39 is 16.4 Å². The Kier molecular flexibility index (Phi) is 2.04. The van der Waals surface area contributed by atoms with Crippen molar-refractivity contribution >= 4 is 6.02 Å². The second-order valence-corrected chi connectivity index (χ2v) is 0.766. The maximum absolute atomic E-state index is 10.7. The predicted octanol–water partition coefficient (Wildman–Crippen LogP) is 0.753. The fourth-order valence-electron chi connectivity index (χ4n) is 0.0571. The van der Waals surface area contributed by atoms with E-state index in [1.807, 2.05) is 0 Å². The summed E-state index contributed by atoms with van der Waals surface area (Å²) in [6.45, 7) is 0. The lowest BCUT2D eigenvalue weighted by atomic mass is 11.2. The maximum Gasteiger partial charge on any atom is 0.593 e. The molecule has 0 aliphatic carbocycles. The maximum atomic E-state index is 10.7. The summed E-state index contributed by atoms with van der Waals surface area (Å²) in [4.78, 5) is 0. The van der Waals surface area contributed by atoms with Crippen LogP contribution in [0, 0.1) is 0 Å². The van der Waals surface area contributed by atoms with Crippen LogP contribution in [0.3, 0.4) is 0 Å².